The van der Waals surface area contributed by atoms with Crippen molar-refractivity contribution in [1.82, 2.24) is 0 Å². The van der Waals surface area contributed by atoms with Gasteiger partial charge >= 0.3 is 0 Å². The average Bonchev–Trinajstić information content (AvgIpc) is 2.42. The summed E-state index contributed by atoms with van der Waals surface area (Å²) in [5, 5.41) is 3.81. The van der Waals surface area contributed by atoms with E-state index in [1.807, 2.05) is 0 Å². The van der Waals surface area contributed by atoms with E-state index in [0.29, 0.717) is 26.0 Å². The molecular formula is C14H9Br2Cl2NO2. The third kappa shape index (κ3) is 4.88. The highest BCUT2D eigenvalue weighted by atomic mass is 79.9. The molecule has 1 amide bonds. The summed E-state index contributed by atoms with van der Waals surface area (Å²) >= 11 is 18.4. The fourth-order valence-corrected chi connectivity index (χ4v) is 2.73. The number of hydrogen-bond acceptors (Lipinski definition) is 2. The van der Waals surface area contributed by atoms with Crippen LogP contribution in [0.4, 0.5) is 5.69 Å². The Bertz CT molecular complexity index is 680. The molecule has 0 aromatic heterocycles. The van der Waals surface area contributed by atoms with Gasteiger partial charge in [0, 0.05) is 15.2 Å². The zero-order chi connectivity index (χ0) is 15.4. The SMILES string of the molecule is O=C(COc1ccc(Cl)cc1Br)Nc1ccc(Br)c(Cl)c1. The van der Waals surface area contributed by atoms with Crippen molar-refractivity contribution in [3.05, 3.63) is 55.4 Å². The molecule has 2 aromatic rings. The van der Waals surface area contributed by atoms with Crippen LogP contribution in [0, 0.1) is 0 Å². The predicted octanol–water partition coefficient (Wildman–Crippen LogP) is 5.54. The lowest BCUT2D eigenvalue weighted by molar-refractivity contribution is -0.118. The van der Waals surface area contributed by atoms with E-state index in [4.69, 9.17) is 27.9 Å². The van der Waals surface area contributed by atoms with Crippen LogP contribution in [-0.4, -0.2) is 12.5 Å². The Morgan fingerprint density at radius 2 is 1.86 bits per heavy atom. The number of ether oxygens (including phenoxy) is 1. The van der Waals surface area contributed by atoms with Gasteiger partial charge in [0.25, 0.3) is 5.91 Å². The van der Waals surface area contributed by atoms with Crippen LogP contribution >= 0.6 is 55.1 Å². The number of halogens is 4. The van der Waals surface area contributed by atoms with E-state index >= 15 is 0 Å². The van der Waals surface area contributed by atoms with Gasteiger partial charge in [-0.3, -0.25) is 4.79 Å². The first kappa shape index (κ1) is 16.6. The van der Waals surface area contributed by atoms with Crippen molar-refractivity contribution in [2.24, 2.45) is 0 Å². The summed E-state index contributed by atoms with van der Waals surface area (Å²) < 4.78 is 6.88. The maximum absolute atomic E-state index is 11.8. The molecule has 3 nitrogen and oxygen atoms in total. The highest BCUT2D eigenvalue weighted by Gasteiger charge is 2.07. The molecule has 0 aliphatic rings. The van der Waals surface area contributed by atoms with Crippen LogP contribution in [0.2, 0.25) is 10.0 Å². The lowest BCUT2D eigenvalue weighted by Crippen LogP contribution is -2.20. The lowest BCUT2D eigenvalue weighted by Gasteiger charge is -2.09. The van der Waals surface area contributed by atoms with E-state index in [1.54, 1.807) is 36.4 Å². The second-order valence-corrected chi connectivity index (χ2v) is 6.59. The molecular weight excluding hydrogens is 445 g/mol. The standard InChI is InChI=1S/C14H9Br2Cl2NO2/c15-10-3-2-9(6-12(10)18)19-14(20)7-21-13-4-1-8(17)5-11(13)16/h1-6H,7H2,(H,19,20). The van der Waals surface area contributed by atoms with Crippen LogP contribution in [0.15, 0.2) is 45.3 Å². The van der Waals surface area contributed by atoms with Gasteiger partial charge in [-0.05, 0) is 68.3 Å². The second-order valence-electron chi connectivity index (χ2n) is 4.04. The fraction of sp³-hybridized carbons (Fsp3) is 0.0714. The first-order valence-electron chi connectivity index (χ1n) is 5.78. The van der Waals surface area contributed by atoms with E-state index in [2.05, 4.69) is 37.2 Å². The van der Waals surface area contributed by atoms with E-state index < -0.39 is 0 Å². The van der Waals surface area contributed by atoms with E-state index in [9.17, 15) is 4.79 Å². The number of carbonyl (C=O) groups is 1. The fourth-order valence-electron chi connectivity index (χ4n) is 1.51. The first-order valence-corrected chi connectivity index (χ1v) is 8.12. The number of amides is 1. The smallest absolute Gasteiger partial charge is 0.262 e. The monoisotopic (exact) mass is 451 g/mol. The summed E-state index contributed by atoms with van der Waals surface area (Å²) in [7, 11) is 0. The summed E-state index contributed by atoms with van der Waals surface area (Å²) in [6.07, 6.45) is 0. The highest BCUT2D eigenvalue weighted by Crippen LogP contribution is 2.28. The van der Waals surface area contributed by atoms with Crippen LogP contribution < -0.4 is 10.1 Å². The van der Waals surface area contributed by atoms with Crippen LogP contribution in [0.5, 0.6) is 5.75 Å². The number of anilines is 1. The zero-order valence-electron chi connectivity index (χ0n) is 10.5. The third-order valence-corrected chi connectivity index (χ3v) is 4.54. The van der Waals surface area contributed by atoms with Crippen LogP contribution in [0.3, 0.4) is 0 Å². The highest BCUT2D eigenvalue weighted by molar-refractivity contribution is 9.10. The third-order valence-electron chi connectivity index (χ3n) is 2.46. The molecule has 0 radical (unpaired) electrons. The number of benzene rings is 2. The van der Waals surface area contributed by atoms with Crippen molar-refractivity contribution in [2.75, 3.05) is 11.9 Å². The van der Waals surface area contributed by atoms with Gasteiger partial charge in [0.05, 0.1) is 9.50 Å². The van der Waals surface area contributed by atoms with Crippen LogP contribution in [0.1, 0.15) is 0 Å². The molecule has 0 saturated heterocycles. The maximum atomic E-state index is 11.8. The summed E-state index contributed by atoms with van der Waals surface area (Å²) in [4.78, 5) is 11.8. The van der Waals surface area contributed by atoms with Gasteiger partial charge in [0.15, 0.2) is 6.61 Å². The molecule has 0 fully saturated rings. The van der Waals surface area contributed by atoms with Crippen molar-refractivity contribution in [3.8, 4) is 5.75 Å². The van der Waals surface area contributed by atoms with E-state index in [-0.39, 0.29) is 12.5 Å². The van der Waals surface area contributed by atoms with Gasteiger partial charge in [-0.2, -0.15) is 0 Å². The Balaban J connectivity index is 1.94. The van der Waals surface area contributed by atoms with Crippen LogP contribution in [-0.2, 0) is 4.79 Å². The first-order chi connectivity index (χ1) is 9.95. The van der Waals surface area contributed by atoms with Gasteiger partial charge < -0.3 is 10.1 Å². The molecule has 110 valence electrons. The molecule has 0 bridgehead atoms. The van der Waals surface area contributed by atoms with Crippen LogP contribution in [0.25, 0.3) is 0 Å². The molecule has 0 atom stereocenters. The van der Waals surface area contributed by atoms with Gasteiger partial charge in [-0.25, -0.2) is 0 Å². The van der Waals surface area contributed by atoms with Crippen molar-refractivity contribution < 1.29 is 9.53 Å². The largest absolute Gasteiger partial charge is 0.483 e. The minimum atomic E-state index is -0.282. The number of carbonyl (C=O) groups excluding carboxylic acids is 1. The zero-order valence-corrected chi connectivity index (χ0v) is 15.2. The molecule has 0 aliphatic heterocycles. The quantitative estimate of drug-likeness (QED) is 0.660. The Labute approximate surface area is 148 Å². The second kappa shape index (κ2) is 7.49. The number of nitrogens with one attached hydrogen (secondary N) is 1. The summed E-state index contributed by atoms with van der Waals surface area (Å²) in [5.74, 6) is 0.263. The summed E-state index contributed by atoms with van der Waals surface area (Å²) in [6, 6.07) is 10.2. The molecule has 2 rings (SSSR count). The molecule has 0 spiro atoms. The van der Waals surface area contributed by atoms with Crippen molar-refractivity contribution >= 4 is 66.7 Å². The maximum Gasteiger partial charge on any atom is 0.262 e. The average molecular weight is 454 g/mol. The molecule has 7 heteroatoms. The molecule has 0 heterocycles. The lowest BCUT2D eigenvalue weighted by atomic mass is 10.3. The Kier molecular flexibility index (Phi) is 5.93. The Hall–Kier alpha value is -0.750. The molecule has 0 unspecified atom stereocenters. The number of hydrogen-bond donors (Lipinski definition) is 1. The molecule has 0 saturated carbocycles. The van der Waals surface area contributed by atoms with Crippen molar-refractivity contribution in [2.45, 2.75) is 0 Å². The van der Waals surface area contributed by atoms with Crippen molar-refractivity contribution in [3.63, 3.8) is 0 Å². The van der Waals surface area contributed by atoms with Gasteiger partial charge in [0.1, 0.15) is 5.75 Å². The summed E-state index contributed by atoms with van der Waals surface area (Å²) in [5.41, 5.74) is 0.604. The minimum absolute atomic E-state index is 0.117. The van der Waals surface area contributed by atoms with Gasteiger partial charge in [-0.1, -0.05) is 23.2 Å². The summed E-state index contributed by atoms with van der Waals surface area (Å²) in [6.45, 7) is -0.117. The van der Waals surface area contributed by atoms with Gasteiger partial charge in [-0.15, -0.1) is 0 Å². The minimum Gasteiger partial charge on any atom is -0.483 e. The topological polar surface area (TPSA) is 38.3 Å². The van der Waals surface area contributed by atoms with E-state index in [0.717, 1.165) is 4.47 Å². The Morgan fingerprint density at radius 1 is 1.10 bits per heavy atom. The molecule has 0 aliphatic carbocycles. The van der Waals surface area contributed by atoms with E-state index in [1.165, 1.54) is 0 Å². The van der Waals surface area contributed by atoms with Gasteiger partial charge in [0.2, 0.25) is 0 Å². The normalized spacial score (nSPS) is 10.3. The van der Waals surface area contributed by atoms with Crippen molar-refractivity contribution in [1.29, 1.82) is 0 Å². The number of rotatable bonds is 4. The predicted molar refractivity (Wildman–Crippen MR) is 92.4 cm³/mol. The molecule has 21 heavy (non-hydrogen) atoms. The Morgan fingerprint density at radius 3 is 2.52 bits per heavy atom. The molecule has 1 N–H and O–H groups in total. The molecule has 2 aromatic carbocycles.